The largest absolute Gasteiger partial charge is 0.452 e. The molecular formula is C25H19N3O7S2. The molecule has 0 saturated heterocycles. The fourth-order valence-electron chi connectivity index (χ4n) is 3.36. The third-order valence-electron chi connectivity index (χ3n) is 5.16. The molecule has 0 aliphatic heterocycles. The maximum atomic E-state index is 12.8. The Labute approximate surface area is 215 Å². The molecule has 10 nitrogen and oxygen atoms in total. The van der Waals surface area contributed by atoms with Crippen LogP contribution in [0.15, 0.2) is 94.2 Å². The second kappa shape index (κ2) is 11.1. The van der Waals surface area contributed by atoms with Crippen LogP contribution in [0.2, 0.25) is 0 Å². The fourth-order valence-corrected chi connectivity index (χ4v) is 5.81. The highest BCUT2D eigenvalue weighted by atomic mass is 32.2. The number of ether oxygens (including phenoxy) is 1. The Kier molecular flexibility index (Phi) is 7.70. The first kappa shape index (κ1) is 25.7. The SMILES string of the molecule is O=C(COC(=O)c1ccccc1Cc1ccccc1)Nc1ncc(S(=O)(=O)c2ccc([N+](=O)[O-])cc2)s1. The van der Waals surface area contributed by atoms with Gasteiger partial charge in [-0.3, -0.25) is 20.2 Å². The van der Waals surface area contributed by atoms with Crippen molar-refractivity contribution in [1.82, 2.24) is 4.98 Å². The first-order valence-corrected chi connectivity index (χ1v) is 13.1. The summed E-state index contributed by atoms with van der Waals surface area (Å²) in [5, 5.41) is 13.2. The molecule has 1 aromatic heterocycles. The third kappa shape index (κ3) is 6.23. The Morgan fingerprint density at radius 3 is 2.35 bits per heavy atom. The maximum absolute atomic E-state index is 12.8. The lowest BCUT2D eigenvalue weighted by Crippen LogP contribution is -2.21. The Bertz CT molecular complexity index is 1550. The van der Waals surface area contributed by atoms with Gasteiger partial charge in [0.25, 0.3) is 11.6 Å². The first-order chi connectivity index (χ1) is 17.7. The highest BCUT2D eigenvalue weighted by Crippen LogP contribution is 2.29. The van der Waals surface area contributed by atoms with Crippen molar-refractivity contribution >= 4 is 43.9 Å². The Morgan fingerprint density at radius 1 is 0.973 bits per heavy atom. The van der Waals surface area contributed by atoms with Gasteiger partial charge in [-0.25, -0.2) is 18.2 Å². The lowest BCUT2D eigenvalue weighted by molar-refractivity contribution is -0.384. The molecular weight excluding hydrogens is 518 g/mol. The van der Waals surface area contributed by atoms with Gasteiger partial charge < -0.3 is 4.74 Å². The summed E-state index contributed by atoms with van der Waals surface area (Å²) in [5.74, 6) is -1.36. The van der Waals surface area contributed by atoms with Gasteiger partial charge in [0, 0.05) is 12.1 Å². The maximum Gasteiger partial charge on any atom is 0.338 e. The smallest absolute Gasteiger partial charge is 0.338 e. The van der Waals surface area contributed by atoms with Crippen molar-refractivity contribution in [3.63, 3.8) is 0 Å². The lowest BCUT2D eigenvalue weighted by Gasteiger charge is -2.09. The third-order valence-corrected chi connectivity index (χ3v) is 8.31. The van der Waals surface area contributed by atoms with Gasteiger partial charge in [-0.1, -0.05) is 59.9 Å². The fraction of sp³-hybridized carbons (Fsp3) is 0.0800. The zero-order valence-electron chi connectivity index (χ0n) is 19.1. The Hall–Kier alpha value is -4.42. The number of nitrogens with one attached hydrogen (secondary N) is 1. The number of hydrogen-bond donors (Lipinski definition) is 1. The zero-order chi connectivity index (χ0) is 26.4. The number of amides is 1. The molecule has 0 bridgehead atoms. The number of rotatable bonds is 9. The van der Waals surface area contributed by atoms with E-state index in [1.807, 2.05) is 42.5 Å². The Balaban J connectivity index is 1.37. The van der Waals surface area contributed by atoms with E-state index in [-0.39, 0.29) is 19.9 Å². The van der Waals surface area contributed by atoms with Crippen molar-refractivity contribution in [1.29, 1.82) is 0 Å². The van der Waals surface area contributed by atoms with Crippen LogP contribution in [0.5, 0.6) is 0 Å². The van der Waals surface area contributed by atoms with Gasteiger partial charge >= 0.3 is 5.97 Å². The normalized spacial score (nSPS) is 11.0. The number of nitro benzene ring substituents is 1. The summed E-state index contributed by atoms with van der Waals surface area (Å²) in [6.07, 6.45) is 1.59. The minimum Gasteiger partial charge on any atom is -0.452 e. The summed E-state index contributed by atoms with van der Waals surface area (Å²) >= 11 is 0.702. The number of anilines is 1. The number of carbonyl (C=O) groups is 2. The van der Waals surface area contributed by atoms with Crippen LogP contribution < -0.4 is 5.32 Å². The van der Waals surface area contributed by atoms with Crippen molar-refractivity contribution in [2.24, 2.45) is 0 Å². The van der Waals surface area contributed by atoms with Crippen LogP contribution in [0.3, 0.4) is 0 Å². The van der Waals surface area contributed by atoms with Gasteiger partial charge in [0.1, 0.15) is 4.21 Å². The van der Waals surface area contributed by atoms with E-state index in [1.165, 1.54) is 0 Å². The highest BCUT2D eigenvalue weighted by Gasteiger charge is 2.23. The molecule has 1 N–H and O–H groups in total. The number of nitro groups is 1. The van der Waals surface area contributed by atoms with Gasteiger partial charge in [-0.15, -0.1) is 0 Å². The summed E-state index contributed by atoms with van der Waals surface area (Å²) in [5.41, 5.74) is 1.86. The molecule has 4 aromatic rings. The van der Waals surface area contributed by atoms with Crippen LogP contribution in [-0.2, 0) is 25.8 Å². The van der Waals surface area contributed by atoms with Crippen molar-refractivity contribution in [2.75, 3.05) is 11.9 Å². The topological polar surface area (TPSA) is 146 Å². The number of nitrogens with zero attached hydrogens (tertiary/aromatic N) is 2. The van der Waals surface area contributed by atoms with Crippen molar-refractivity contribution in [3.05, 3.63) is 112 Å². The molecule has 3 aromatic carbocycles. The number of aromatic nitrogens is 1. The molecule has 4 rings (SSSR count). The van der Waals surface area contributed by atoms with Crippen LogP contribution >= 0.6 is 11.3 Å². The van der Waals surface area contributed by atoms with Gasteiger partial charge in [-0.05, 0) is 35.7 Å². The number of carbonyl (C=O) groups excluding carboxylic acids is 2. The van der Waals surface area contributed by atoms with Crippen molar-refractivity contribution in [3.8, 4) is 0 Å². The molecule has 0 radical (unpaired) electrons. The van der Waals surface area contributed by atoms with E-state index in [1.54, 1.807) is 12.1 Å². The molecule has 0 unspecified atom stereocenters. The predicted molar refractivity (Wildman–Crippen MR) is 135 cm³/mol. The number of non-ortho nitro benzene ring substituents is 1. The average Bonchev–Trinajstić information content (AvgIpc) is 3.37. The van der Waals surface area contributed by atoms with Crippen LogP contribution in [0.1, 0.15) is 21.5 Å². The van der Waals surface area contributed by atoms with Crippen LogP contribution in [0.4, 0.5) is 10.8 Å². The highest BCUT2D eigenvalue weighted by molar-refractivity contribution is 7.93. The quantitative estimate of drug-likeness (QED) is 0.189. The van der Waals surface area contributed by atoms with E-state index < -0.39 is 33.2 Å². The van der Waals surface area contributed by atoms with E-state index in [0.717, 1.165) is 41.6 Å². The zero-order valence-corrected chi connectivity index (χ0v) is 20.7. The van der Waals surface area contributed by atoms with Crippen molar-refractivity contribution < 1.29 is 27.7 Å². The van der Waals surface area contributed by atoms with Crippen molar-refractivity contribution in [2.45, 2.75) is 15.5 Å². The predicted octanol–water partition coefficient (Wildman–Crippen LogP) is 4.27. The number of esters is 1. The first-order valence-electron chi connectivity index (χ1n) is 10.8. The second-order valence-electron chi connectivity index (χ2n) is 7.68. The molecule has 0 fully saturated rings. The van der Waals surface area contributed by atoms with E-state index in [9.17, 15) is 28.1 Å². The number of benzene rings is 3. The van der Waals surface area contributed by atoms with Gasteiger partial charge in [0.05, 0.1) is 21.6 Å². The van der Waals surface area contributed by atoms with E-state index in [0.29, 0.717) is 23.3 Å². The molecule has 1 heterocycles. The molecule has 0 atom stereocenters. The number of thiazole rings is 1. The van der Waals surface area contributed by atoms with Crippen LogP contribution in [0, 0.1) is 10.1 Å². The minimum absolute atomic E-state index is 0.00832. The van der Waals surface area contributed by atoms with Gasteiger partial charge in [0.15, 0.2) is 11.7 Å². The van der Waals surface area contributed by atoms with E-state index in [2.05, 4.69) is 10.3 Å². The van der Waals surface area contributed by atoms with Gasteiger partial charge in [-0.2, -0.15) is 0 Å². The van der Waals surface area contributed by atoms with E-state index in [4.69, 9.17) is 4.74 Å². The van der Waals surface area contributed by atoms with Crippen LogP contribution in [-0.4, -0.2) is 36.8 Å². The Morgan fingerprint density at radius 2 is 1.65 bits per heavy atom. The van der Waals surface area contributed by atoms with Gasteiger partial charge in [0.2, 0.25) is 9.84 Å². The summed E-state index contributed by atoms with van der Waals surface area (Å²) in [6, 6.07) is 21.0. The average molecular weight is 538 g/mol. The number of hydrogen-bond acceptors (Lipinski definition) is 9. The standard InChI is InChI=1S/C25H19N3O7S2/c29-22(16-35-24(30)21-9-5-4-8-18(21)14-17-6-2-1-3-7-17)27-25-26-15-23(36-25)37(33,34)20-12-10-19(11-13-20)28(31)32/h1-13,15H,14,16H2,(H,26,27,29). The lowest BCUT2D eigenvalue weighted by atomic mass is 10.00. The summed E-state index contributed by atoms with van der Waals surface area (Å²) < 4.78 is 30.5. The molecule has 12 heteroatoms. The molecule has 0 aliphatic carbocycles. The van der Waals surface area contributed by atoms with E-state index >= 15 is 0 Å². The monoisotopic (exact) mass is 537 g/mol. The van der Waals surface area contributed by atoms with Crippen LogP contribution in [0.25, 0.3) is 0 Å². The molecule has 188 valence electrons. The second-order valence-corrected chi connectivity index (χ2v) is 10.9. The molecule has 0 aliphatic rings. The molecule has 0 saturated carbocycles. The number of sulfone groups is 1. The molecule has 0 spiro atoms. The summed E-state index contributed by atoms with van der Waals surface area (Å²) in [7, 11) is -3.99. The summed E-state index contributed by atoms with van der Waals surface area (Å²) in [4.78, 5) is 38.9. The minimum atomic E-state index is -3.99. The molecule has 37 heavy (non-hydrogen) atoms. The summed E-state index contributed by atoms with van der Waals surface area (Å²) in [6.45, 7) is -0.595. The molecule has 1 amide bonds.